The first-order valence-electron chi connectivity index (χ1n) is 9.21. The Morgan fingerprint density at radius 3 is 1.94 bits per heavy atom. The van der Waals surface area contributed by atoms with Gasteiger partial charge in [0.25, 0.3) is 17.7 Å². The van der Waals surface area contributed by atoms with Gasteiger partial charge in [0.2, 0.25) is 5.71 Å². The van der Waals surface area contributed by atoms with Gasteiger partial charge in [0.05, 0.1) is 0 Å². The highest BCUT2D eigenvalue weighted by Gasteiger charge is 2.33. The highest BCUT2D eigenvalue weighted by atomic mass is 35.5. The van der Waals surface area contributed by atoms with Crippen LogP contribution in [0.15, 0.2) is 53.6 Å². The van der Waals surface area contributed by atoms with Crippen molar-refractivity contribution >= 4 is 46.8 Å². The van der Waals surface area contributed by atoms with Gasteiger partial charge in [0.1, 0.15) is 5.75 Å². The molecule has 5 amide bonds. The van der Waals surface area contributed by atoms with E-state index in [1.165, 1.54) is 26.0 Å². The van der Waals surface area contributed by atoms with Gasteiger partial charge in [0.15, 0.2) is 11.4 Å². The number of rotatable bonds is 6. The van der Waals surface area contributed by atoms with Crippen molar-refractivity contribution in [1.82, 2.24) is 16.1 Å². The molecule has 0 radical (unpaired) electrons. The molecule has 1 aliphatic heterocycles. The number of halogens is 1. The van der Waals surface area contributed by atoms with E-state index in [1.54, 1.807) is 36.4 Å². The van der Waals surface area contributed by atoms with Crippen LogP contribution in [0, 0.1) is 0 Å². The van der Waals surface area contributed by atoms with E-state index in [4.69, 9.17) is 16.3 Å². The van der Waals surface area contributed by atoms with Gasteiger partial charge in [-0.3, -0.25) is 29.8 Å². The summed E-state index contributed by atoms with van der Waals surface area (Å²) in [6.45, 7) is 2.89. The fourth-order valence-corrected chi connectivity index (χ4v) is 2.71. The van der Waals surface area contributed by atoms with Crippen LogP contribution in [0.2, 0.25) is 5.02 Å². The molecule has 1 saturated heterocycles. The van der Waals surface area contributed by atoms with Crippen molar-refractivity contribution in [1.29, 1.82) is 0 Å². The van der Waals surface area contributed by atoms with Crippen LogP contribution in [0.5, 0.6) is 5.75 Å². The zero-order valence-electron chi connectivity index (χ0n) is 16.9. The van der Waals surface area contributed by atoms with Crippen LogP contribution in [0.25, 0.3) is 0 Å². The Bertz CT molecular complexity index is 1120. The minimum Gasteiger partial charge on any atom is -0.478 e. The fraction of sp³-hybridized carbons (Fsp3) is 0.143. The number of barbiturate groups is 1. The van der Waals surface area contributed by atoms with Gasteiger partial charge in [-0.25, -0.2) is 10.2 Å². The number of carbonyl (C=O) groups excluding carboxylic acids is 5. The van der Waals surface area contributed by atoms with Crippen molar-refractivity contribution in [3.8, 4) is 5.75 Å². The molecule has 1 heterocycles. The quantitative estimate of drug-likeness (QED) is 0.444. The van der Waals surface area contributed by atoms with E-state index in [2.05, 4.69) is 10.5 Å². The molecule has 11 heteroatoms. The van der Waals surface area contributed by atoms with Gasteiger partial charge in [-0.15, -0.1) is 0 Å². The normalized spacial score (nSPS) is 13.7. The molecule has 0 bridgehead atoms. The summed E-state index contributed by atoms with van der Waals surface area (Å²) >= 11 is 5.84. The van der Waals surface area contributed by atoms with Gasteiger partial charge in [-0.2, -0.15) is 5.10 Å². The minimum atomic E-state index is -1.46. The Kier molecular flexibility index (Phi) is 6.35. The number of hydrogen-bond acceptors (Lipinski definition) is 7. The molecule has 1 fully saturated rings. The molecule has 0 unspecified atom stereocenters. The van der Waals surface area contributed by atoms with Crippen LogP contribution in [0.3, 0.4) is 0 Å². The first-order chi connectivity index (χ1) is 15.1. The molecule has 32 heavy (non-hydrogen) atoms. The van der Waals surface area contributed by atoms with Gasteiger partial charge in [-0.1, -0.05) is 11.6 Å². The summed E-state index contributed by atoms with van der Waals surface area (Å²) in [6, 6.07) is 11.6. The average molecular weight is 457 g/mol. The van der Waals surface area contributed by atoms with Crippen molar-refractivity contribution in [2.45, 2.75) is 19.4 Å². The Hall–Kier alpha value is -4.05. The summed E-state index contributed by atoms with van der Waals surface area (Å²) in [5.74, 6) is -2.76. The molecule has 3 rings (SSSR count). The lowest BCUT2D eigenvalue weighted by atomic mass is 10.0. The van der Waals surface area contributed by atoms with Crippen molar-refractivity contribution in [3.63, 3.8) is 0 Å². The monoisotopic (exact) mass is 456 g/mol. The number of hydrogen-bond donors (Lipinski definition) is 3. The number of benzene rings is 2. The zero-order chi connectivity index (χ0) is 23.5. The first kappa shape index (κ1) is 22.6. The Labute approximate surface area is 187 Å². The summed E-state index contributed by atoms with van der Waals surface area (Å²) in [5.41, 5.74) is 0.819. The van der Waals surface area contributed by atoms with E-state index in [0.717, 1.165) is 0 Å². The lowest BCUT2D eigenvalue weighted by molar-refractivity contribution is -0.134. The van der Waals surface area contributed by atoms with E-state index < -0.39 is 35.1 Å². The second-order valence-electron chi connectivity index (χ2n) is 7.11. The van der Waals surface area contributed by atoms with Gasteiger partial charge >= 0.3 is 6.03 Å². The molecule has 3 N–H and O–H groups in total. The highest BCUT2D eigenvalue weighted by Crippen LogP contribution is 2.21. The lowest BCUT2D eigenvalue weighted by Crippen LogP contribution is -2.57. The second kappa shape index (κ2) is 8.98. The van der Waals surface area contributed by atoms with Crippen molar-refractivity contribution in [2.24, 2.45) is 5.10 Å². The summed E-state index contributed by atoms with van der Waals surface area (Å²) < 4.78 is 5.67. The van der Waals surface area contributed by atoms with E-state index in [1.807, 2.05) is 10.6 Å². The molecule has 0 aromatic heterocycles. The summed E-state index contributed by atoms with van der Waals surface area (Å²) in [7, 11) is 0. The first-order valence-corrected chi connectivity index (χ1v) is 9.59. The third-order valence-corrected chi connectivity index (χ3v) is 4.55. The largest absolute Gasteiger partial charge is 0.478 e. The highest BCUT2D eigenvalue weighted by molar-refractivity contribution is 6.68. The SMILES string of the molecule is CC(C)(Oc1ccc(C(=O)c2ccc(Cl)cc2)cc1)C(=O)NN=C1C(=O)NC(=O)NC1=O. The van der Waals surface area contributed by atoms with Crippen molar-refractivity contribution in [2.75, 3.05) is 0 Å². The van der Waals surface area contributed by atoms with Crippen LogP contribution in [0.4, 0.5) is 4.79 Å². The lowest BCUT2D eigenvalue weighted by Gasteiger charge is -2.24. The third kappa shape index (κ3) is 5.16. The van der Waals surface area contributed by atoms with E-state index in [9.17, 15) is 24.0 Å². The number of ketones is 1. The molecule has 10 nitrogen and oxygen atoms in total. The van der Waals surface area contributed by atoms with Crippen LogP contribution in [-0.2, 0) is 14.4 Å². The third-order valence-electron chi connectivity index (χ3n) is 4.30. The molecular weight excluding hydrogens is 440 g/mol. The number of ether oxygens (including phenoxy) is 1. The minimum absolute atomic E-state index is 0.205. The number of nitrogens with one attached hydrogen (secondary N) is 3. The maximum Gasteiger partial charge on any atom is 0.328 e. The standard InChI is InChI=1S/C21H17ClN4O6/c1-21(2,19(30)26-25-15-17(28)23-20(31)24-18(15)29)32-14-9-5-12(6-10-14)16(27)11-3-7-13(22)8-4-11/h3-10H,1-2H3,(H,26,30)(H2,23,24,28,29,31). The molecule has 0 atom stereocenters. The number of hydrazone groups is 1. The van der Waals surface area contributed by atoms with E-state index in [-0.39, 0.29) is 5.78 Å². The summed E-state index contributed by atoms with van der Waals surface area (Å²) in [4.78, 5) is 59.3. The zero-order valence-corrected chi connectivity index (χ0v) is 17.6. The number of carbonyl (C=O) groups is 5. The molecule has 2 aromatic carbocycles. The second-order valence-corrected chi connectivity index (χ2v) is 7.55. The van der Waals surface area contributed by atoms with Crippen molar-refractivity contribution < 1.29 is 28.7 Å². The molecule has 0 aliphatic carbocycles. The van der Waals surface area contributed by atoms with E-state index >= 15 is 0 Å². The van der Waals surface area contributed by atoms with Crippen LogP contribution >= 0.6 is 11.6 Å². The fourth-order valence-electron chi connectivity index (χ4n) is 2.59. The van der Waals surface area contributed by atoms with Gasteiger partial charge < -0.3 is 4.74 Å². The average Bonchev–Trinajstić information content (AvgIpc) is 2.73. The Balaban J connectivity index is 1.66. The number of amides is 5. The molecule has 164 valence electrons. The van der Waals surface area contributed by atoms with Crippen LogP contribution < -0.4 is 20.8 Å². The molecule has 0 saturated carbocycles. The van der Waals surface area contributed by atoms with Crippen LogP contribution in [0.1, 0.15) is 29.8 Å². The Morgan fingerprint density at radius 1 is 0.906 bits per heavy atom. The molecular formula is C21H17ClN4O6. The number of imide groups is 2. The van der Waals surface area contributed by atoms with Crippen molar-refractivity contribution in [3.05, 3.63) is 64.7 Å². The molecule has 0 spiro atoms. The van der Waals surface area contributed by atoms with Gasteiger partial charge in [-0.05, 0) is 62.4 Å². The smallest absolute Gasteiger partial charge is 0.328 e. The summed E-state index contributed by atoms with van der Waals surface area (Å²) in [5, 5.41) is 7.66. The topological polar surface area (TPSA) is 143 Å². The summed E-state index contributed by atoms with van der Waals surface area (Å²) in [6.07, 6.45) is 0. The van der Waals surface area contributed by atoms with Crippen LogP contribution in [-0.4, -0.2) is 40.8 Å². The predicted molar refractivity (Wildman–Crippen MR) is 113 cm³/mol. The van der Waals surface area contributed by atoms with Gasteiger partial charge in [0, 0.05) is 16.1 Å². The molecule has 2 aromatic rings. The molecule has 1 aliphatic rings. The predicted octanol–water partition coefficient (Wildman–Crippen LogP) is 1.57. The number of urea groups is 1. The Morgan fingerprint density at radius 2 is 1.41 bits per heavy atom. The van der Waals surface area contributed by atoms with E-state index in [0.29, 0.717) is 21.9 Å². The maximum absolute atomic E-state index is 12.5. The number of nitrogens with zero attached hydrogens (tertiary/aromatic N) is 1. The maximum atomic E-state index is 12.5.